The first-order valence-electron chi connectivity index (χ1n) is 10.5. The number of benzene rings is 1. The molecule has 1 aliphatic rings. The second-order valence-electron chi connectivity index (χ2n) is 7.21. The van der Waals surface area contributed by atoms with Gasteiger partial charge in [-0.25, -0.2) is 0 Å². The summed E-state index contributed by atoms with van der Waals surface area (Å²) >= 11 is 0. The van der Waals surface area contributed by atoms with Gasteiger partial charge >= 0.3 is 0 Å². The van der Waals surface area contributed by atoms with Crippen LogP contribution in [0.1, 0.15) is 45.1 Å². The smallest absolute Gasteiger partial charge is 0.0868 e. The molecule has 1 heterocycles. The van der Waals surface area contributed by atoms with E-state index in [4.69, 9.17) is 0 Å². The van der Waals surface area contributed by atoms with Crippen molar-refractivity contribution in [2.45, 2.75) is 46.0 Å². The van der Waals surface area contributed by atoms with Crippen molar-refractivity contribution in [3.63, 3.8) is 0 Å². The molecule has 0 amide bonds. The van der Waals surface area contributed by atoms with Crippen LogP contribution in [0, 0.1) is 0 Å². The lowest BCUT2D eigenvalue weighted by Gasteiger charge is -2.22. The van der Waals surface area contributed by atoms with Crippen LogP contribution in [0.3, 0.4) is 0 Å². The number of hydrogen-bond acceptors (Lipinski definition) is 2. The summed E-state index contributed by atoms with van der Waals surface area (Å²) in [5.41, 5.74) is 7.98. The van der Waals surface area contributed by atoms with Crippen molar-refractivity contribution in [2.75, 3.05) is 6.54 Å². The van der Waals surface area contributed by atoms with Crippen LogP contribution in [0.4, 0.5) is 0 Å². The molecule has 0 aromatic heterocycles. The number of nitrogens with one attached hydrogen (secondary N) is 1. The molecule has 1 aliphatic heterocycles. The van der Waals surface area contributed by atoms with E-state index in [0.29, 0.717) is 0 Å². The van der Waals surface area contributed by atoms with Crippen molar-refractivity contribution >= 4 is 6.34 Å². The SMILES string of the molecule is C=CC(=C\C)/C1=C/CCN=CN/C(C(=C)CCC)=C(/CCc2ccccc2)C1=C. The minimum absolute atomic E-state index is 0.741. The number of nitrogens with zero attached hydrogens (tertiary/aromatic N) is 1. The first kappa shape index (κ1) is 22.4. The second kappa shape index (κ2) is 11.9. The monoisotopic (exact) mass is 386 g/mol. The van der Waals surface area contributed by atoms with Crippen LogP contribution in [0.15, 0.2) is 107 Å². The Bertz CT molecular complexity index is 848. The largest absolute Gasteiger partial charge is 0.346 e. The number of aryl methyl sites for hydroxylation is 1. The van der Waals surface area contributed by atoms with E-state index in [1.54, 1.807) is 0 Å². The highest BCUT2D eigenvalue weighted by molar-refractivity contribution is 5.66. The van der Waals surface area contributed by atoms with Crippen LogP contribution >= 0.6 is 0 Å². The van der Waals surface area contributed by atoms with Crippen LogP contribution in [0.5, 0.6) is 0 Å². The molecule has 2 heteroatoms. The van der Waals surface area contributed by atoms with Gasteiger partial charge in [-0.05, 0) is 66.0 Å². The molecule has 152 valence electrons. The molecule has 1 aromatic carbocycles. The highest BCUT2D eigenvalue weighted by Crippen LogP contribution is 2.32. The third-order valence-electron chi connectivity index (χ3n) is 5.15. The summed E-state index contributed by atoms with van der Waals surface area (Å²) in [6, 6.07) is 10.6. The van der Waals surface area contributed by atoms with E-state index in [0.717, 1.165) is 66.6 Å². The Kier molecular flexibility index (Phi) is 9.17. The molecule has 0 fully saturated rings. The van der Waals surface area contributed by atoms with Gasteiger partial charge in [-0.1, -0.05) is 81.6 Å². The molecule has 1 N–H and O–H groups in total. The predicted molar refractivity (Wildman–Crippen MR) is 128 cm³/mol. The Balaban J connectivity index is 2.54. The van der Waals surface area contributed by atoms with Crippen molar-refractivity contribution in [1.29, 1.82) is 0 Å². The molecular weight excluding hydrogens is 352 g/mol. The standard InChI is InChI=1S/C27H34N2/c1-6-13-21(4)27-26(18-17-23-14-10-9-11-15-23)22(5)25(24(7-2)8-3)16-12-19-28-20-29-27/h7-11,14-16,20H,2,4-6,12-13,17-19H2,1,3H3,(H,28,29)/b24-8+,25-16+,27-26-. The molecule has 0 saturated heterocycles. The highest BCUT2D eigenvalue weighted by Gasteiger charge is 2.18. The Morgan fingerprint density at radius 2 is 1.97 bits per heavy atom. The van der Waals surface area contributed by atoms with Crippen molar-refractivity contribution in [1.82, 2.24) is 5.32 Å². The molecule has 2 nitrogen and oxygen atoms in total. The van der Waals surface area contributed by atoms with E-state index < -0.39 is 0 Å². The molecule has 0 spiro atoms. The first-order chi connectivity index (χ1) is 14.1. The van der Waals surface area contributed by atoms with E-state index in [2.05, 4.69) is 79.5 Å². The lowest BCUT2D eigenvalue weighted by Crippen LogP contribution is -2.18. The van der Waals surface area contributed by atoms with Crippen molar-refractivity contribution in [2.24, 2.45) is 4.99 Å². The summed E-state index contributed by atoms with van der Waals surface area (Å²) in [6.45, 7) is 17.9. The summed E-state index contributed by atoms with van der Waals surface area (Å²) in [6.07, 6.45) is 12.8. The van der Waals surface area contributed by atoms with Gasteiger partial charge in [0.25, 0.3) is 0 Å². The van der Waals surface area contributed by atoms with E-state index in [1.807, 2.05) is 19.3 Å². The second-order valence-corrected chi connectivity index (χ2v) is 7.21. The molecular formula is C27H34N2. The summed E-state index contributed by atoms with van der Waals surface area (Å²) in [4.78, 5) is 4.52. The van der Waals surface area contributed by atoms with Crippen molar-refractivity contribution in [3.05, 3.63) is 107 Å². The lowest BCUT2D eigenvalue weighted by molar-refractivity contribution is 0.862. The maximum Gasteiger partial charge on any atom is 0.0868 e. The summed E-state index contributed by atoms with van der Waals surface area (Å²) < 4.78 is 0. The van der Waals surface area contributed by atoms with E-state index >= 15 is 0 Å². The third kappa shape index (κ3) is 6.32. The molecule has 2 rings (SSSR count). The molecule has 0 radical (unpaired) electrons. The van der Waals surface area contributed by atoms with Crippen LogP contribution in [0.2, 0.25) is 0 Å². The predicted octanol–water partition coefficient (Wildman–Crippen LogP) is 6.87. The fourth-order valence-corrected chi connectivity index (χ4v) is 3.59. The van der Waals surface area contributed by atoms with Crippen LogP contribution < -0.4 is 5.32 Å². The number of rotatable bonds is 8. The van der Waals surface area contributed by atoms with Gasteiger partial charge < -0.3 is 5.32 Å². The molecule has 1 aromatic rings. The molecule has 0 atom stereocenters. The molecule has 29 heavy (non-hydrogen) atoms. The number of hydrogen-bond donors (Lipinski definition) is 1. The fraction of sp³-hybridized carbons (Fsp3) is 0.296. The minimum Gasteiger partial charge on any atom is -0.346 e. The maximum atomic E-state index is 4.53. The van der Waals surface area contributed by atoms with Gasteiger partial charge in [-0.2, -0.15) is 0 Å². The van der Waals surface area contributed by atoms with Gasteiger partial charge in [0.1, 0.15) is 0 Å². The number of aliphatic imine (C=N–C) groups is 1. The topological polar surface area (TPSA) is 24.4 Å². The Morgan fingerprint density at radius 1 is 1.21 bits per heavy atom. The van der Waals surface area contributed by atoms with Gasteiger partial charge in [0.05, 0.1) is 6.34 Å². The van der Waals surface area contributed by atoms with Crippen molar-refractivity contribution in [3.8, 4) is 0 Å². The Labute approximate surface area is 176 Å². The normalized spacial score (nSPS) is 19.9. The average molecular weight is 387 g/mol. The van der Waals surface area contributed by atoms with E-state index in [9.17, 15) is 0 Å². The first-order valence-corrected chi connectivity index (χ1v) is 10.5. The van der Waals surface area contributed by atoms with Gasteiger partial charge in [0.15, 0.2) is 0 Å². The van der Waals surface area contributed by atoms with Crippen LogP contribution in [-0.4, -0.2) is 12.9 Å². The van der Waals surface area contributed by atoms with Crippen molar-refractivity contribution < 1.29 is 0 Å². The maximum absolute atomic E-state index is 4.53. The van der Waals surface area contributed by atoms with Gasteiger partial charge in [0, 0.05) is 12.2 Å². The summed E-state index contributed by atoms with van der Waals surface area (Å²) in [5.74, 6) is 0. The molecule has 0 aliphatic carbocycles. The molecule has 0 saturated carbocycles. The van der Waals surface area contributed by atoms with Crippen LogP contribution in [0.25, 0.3) is 0 Å². The number of allylic oxidation sites excluding steroid dienone is 7. The molecule has 0 bridgehead atoms. The quantitative estimate of drug-likeness (QED) is 0.485. The van der Waals surface area contributed by atoms with Gasteiger partial charge in [-0.15, -0.1) is 0 Å². The average Bonchev–Trinajstić information content (AvgIpc) is 2.74. The molecule has 0 unspecified atom stereocenters. The highest BCUT2D eigenvalue weighted by atomic mass is 14.9. The third-order valence-corrected chi connectivity index (χ3v) is 5.15. The Morgan fingerprint density at radius 3 is 2.62 bits per heavy atom. The van der Waals surface area contributed by atoms with Crippen LogP contribution in [-0.2, 0) is 6.42 Å². The van der Waals surface area contributed by atoms with E-state index in [-0.39, 0.29) is 0 Å². The zero-order chi connectivity index (χ0) is 21.1. The zero-order valence-electron chi connectivity index (χ0n) is 18.0. The van der Waals surface area contributed by atoms with E-state index in [1.165, 1.54) is 11.1 Å². The lowest BCUT2D eigenvalue weighted by atomic mass is 9.86. The fourth-order valence-electron chi connectivity index (χ4n) is 3.59. The summed E-state index contributed by atoms with van der Waals surface area (Å²) in [7, 11) is 0. The van der Waals surface area contributed by atoms with Gasteiger partial charge in [0.2, 0.25) is 0 Å². The van der Waals surface area contributed by atoms with Gasteiger partial charge in [-0.3, -0.25) is 4.99 Å². The minimum atomic E-state index is 0.741. The summed E-state index contributed by atoms with van der Waals surface area (Å²) in [5, 5.41) is 3.44. The zero-order valence-corrected chi connectivity index (χ0v) is 18.0. The Hall–Kier alpha value is -2.87.